The molecule has 0 saturated heterocycles. The highest BCUT2D eigenvalue weighted by Crippen LogP contribution is 2.34. The third-order valence-electron chi connectivity index (χ3n) is 4.68. The molecule has 0 atom stereocenters. The van der Waals surface area contributed by atoms with Gasteiger partial charge in [0.2, 0.25) is 0 Å². The summed E-state index contributed by atoms with van der Waals surface area (Å²) < 4.78 is 76.7. The van der Waals surface area contributed by atoms with Crippen LogP contribution in [0.1, 0.15) is 21.5 Å². The van der Waals surface area contributed by atoms with Crippen molar-refractivity contribution in [2.75, 3.05) is 18.4 Å². The van der Waals surface area contributed by atoms with Crippen LogP contribution >= 0.6 is 0 Å². The smallest absolute Gasteiger partial charge is 0.422 e. The zero-order chi connectivity index (χ0) is 24.9. The fraction of sp³-hybridized carbons (Fsp3) is 0.174. The average molecular weight is 495 g/mol. The third kappa shape index (κ3) is 6.19. The standard InChI is InChI=1S/C23H20F3NO6S/c1-32-17-10-11-20(16(13-17)12-15-6-3-2-4-7-15)34(30,31)27-21-18(22(28)29)8-5-9-19(21)33-14-23(24,25)26/h2-11,13,27H,12,14H2,1H3,(H,28,29). The molecular formula is C23H20F3NO6S. The highest BCUT2D eigenvalue weighted by atomic mass is 32.2. The van der Waals surface area contributed by atoms with E-state index in [2.05, 4.69) is 4.72 Å². The molecule has 0 bridgehead atoms. The van der Waals surface area contributed by atoms with E-state index in [0.717, 1.165) is 23.8 Å². The molecule has 3 rings (SSSR count). The molecule has 0 aliphatic rings. The molecule has 0 spiro atoms. The van der Waals surface area contributed by atoms with E-state index in [1.54, 1.807) is 30.3 Å². The fourth-order valence-corrected chi connectivity index (χ4v) is 4.50. The number of carboxylic acid groups (broad SMARTS) is 1. The molecule has 180 valence electrons. The van der Waals surface area contributed by atoms with Crippen molar-refractivity contribution < 1.29 is 41.0 Å². The Morgan fingerprint density at radius 1 is 1.03 bits per heavy atom. The largest absolute Gasteiger partial charge is 0.497 e. The van der Waals surface area contributed by atoms with Crippen LogP contribution in [0.5, 0.6) is 11.5 Å². The predicted molar refractivity (Wildman–Crippen MR) is 118 cm³/mol. The Labute approximate surface area is 193 Å². The van der Waals surface area contributed by atoms with E-state index in [-0.39, 0.29) is 11.3 Å². The number of hydrogen-bond donors (Lipinski definition) is 2. The lowest BCUT2D eigenvalue weighted by molar-refractivity contribution is -0.153. The van der Waals surface area contributed by atoms with Crippen LogP contribution in [0.3, 0.4) is 0 Å². The maximum atomic E-state index is 13.3. The number of sulfonamides is 1. The average Bonchev–Trinajstić information content (AvgIpc) is 2.77. The van der Waals surface area contributed by atoms with E-state index < -0.39 is 45.8 Å². The lowest BCUT2D eigenvalue weighted by atomic mass is 10.0. The monoisotopic (exact) mass is 495 g/mol. The Bertz CT molecular complexity index is 1280. The Balaban J connectivity index is 2.06. The van der Waals surface area contributed by atoms with E-state index in [0.29, 0.717) is 11.3 Å². The molecule has 0 heterocycles. The van der Waals surface area contributed by atoms with Crippen molar-refractivity contribution in [1.82, 2.24) is 0 Å². The van der Waals surface area contributed by atoms with Crippen LogP contribution in [0, 0.1) is 0 Å². The predicted octanol–water partition coefficient (Wildman–Crippen LogP) is 4.73. The lowest BCUT2D eigenvalue weighted by Crippen LogP contribution is -2.22. The number of nitrogens with one attached hydrogen (secondary N) is 1. The molecule has 11 heteroatoms. The van der Waals surface area contributed by atoms with E-state index >= 15 is 0 Å². The second kappa shape index (κ2) is 10.0. The molecular weight excluding hydrogens is 475 g/mol. The first kappa shape index (κ1) is 24.9. The summed E-state index contributed by atoms with van der Waals surface area (Å²) in [6.07, 6.45) is -4.51. The van der Waals surface area contributed by atoms with Gasteiger partial charge in [-0.15, -0.1) is 0 Å². The van der Waals surface area contributed by atoms with Gasteiger partial charge in [0, 0.05) is 0 Å². The minimum absolute atomic E-state index is 0.195. The Morgan fingerprint density at radius 3 is 2.35 bits per heavy atom. The van der Waals surface area contributed by atoms with Crippen LogP contribution in [-0.2, 0) is 16.4 Å². The molecule has 0 amide bonds. The van der Waals surface area contributed by atoms with Gasteiger partial charge in [0.15, 0.2) is 6.61 Å². The summed E-state index contributed by atoms with van der Waals surface area (Å²) in [5.41, 5.74) is -0.0435. The van der Waals surface area contributed by atoms with Gasteiger partial charge in [-0.25, -0.2) is 13.2 Å². The van der Waals surface area contributed by atoms with Gasteiger partial charge in [0.05, 0.1) is 17.6 Å². The maximum Gasteiger partial charge on any atom is 0.422 e. The first-order valence-corrected chi connectivity index (χ1v) is 11.3. The van der Waals surface area contributed by atoms with Crippen LogP contribution in [0.15, 0.2) is 71.6 Å². The molecule has 0 aromatic heterocycles. The summed E-state index contributed by atoms with van der Waals surface area (Å²) in [5.74, 6) is -1.72. The molecule has 3 aromatic carbocycles. The fourth-order valence-electron chi connectivity index (χ4n) is 3.18. The number of rotatable bonds is 9. The quantitative estimate of drug-likeness (QED) is 0.445. The zero-order valence-corrected chi connectivity index (χ0v) is 18.6. The Hall–Kier alpha value is -3.73. The summed E-state index contributed by atoms with van der Waals surface area (Å²) in [4.78, 5) is 11.5. The topological polar surface area (TPSA) is 102 Å². The van der Waals surface area contributed by atoms with Gasteiger partial charge in [-0.1, -0.05) is 36.4 Å². The summed E-state index contributed by atoms with van der Waals surface area (Å²) in [6.45, 7) is -1.73. The SMILES string of the molecule is COc1ccc(S(=O)(=O)Nc2c(OCC(F)(F)F)cccc2C(=O)O)c(Cc2ccccc2)c1. The number of ether oxygens (including phenoxy) is 2. The Morgan fingerprint density at radius 2 is 1.74 bits per heavy atom. The number of benzene rings is 3. The van der Waals surface area contributed by atoms with Gasteiger partial charge < -0.3 is 14.6 Å². The number of alkyl halides is 3. The van der Waals surface area contributed by atoms with E-state index in [1.165, 1.54) is 25.3 Å². The van der Waals surface area contributed by atoms with Crippen molar-refractivity contribution in [3.8, 4) is 11.5 Å². The molecule has 0 unspecified atom stereocenters. The first-order valence-electron chi connectivity index (χ1n) is 9.79. The minimum atomic E-state index is -4.71. The molecule has 2 N–H and O–H groups in total. The number of aromatic carboxylic acids is 1. The van der Waals surface area contributed by atoms with Crippen molar-refractivity contribution in [1.29, 1.82) is 0 Å². The van der Waals surface area contributed by atoms with Crippen LogP contribution in [0.4, 0.5) is 18.9 Å². The molecule has 7 nitrogen and oxygen atoms in total. The second-order valence-corrected chi connectivity index (χ2v) is 8.78. The van der Waals surface area contributed by atoms with Crippen molar-refractivity contribution in [3.05, 3.63) is 83.4 Å². The van der Waals surface area contributed by atoms with E-state index in [4.69, 9.17) is 9.47 Å². The van der Waals surface area contributed by atoms with Gasteiger partial charge >= 0.3 is 12.1 Å². The van der Waals surface area contributed by atoms with Gasteiger partial charge in [-0.3, -0.25) is 4.72 Å². The summed E-state index contributed by atoms with van der Waals surface area (Å²) in [6, 6.07) is 16.4. The van der Waals surface area contributed by atoms with Gasteiger partial charge in [0.1, 0.15) is 17.2 Å². The van der Waals surface area contributed by atoms with Crippen LogP contribution in [0.2, 0.25) is 0 Å². The summed E-state index contributed by atoms with van der Waals surface area (Å²) in [5, 5.41) is 9.47. The van der Waals surface area contributed by atoms with Crippen molar-refractivity contribution >= 4 is 21.7 Å². The molecule has 34 heavy (non-hydrogen) atoms. The summed E-state index contributed by atoms with van der Waals surface area (Å²) >= 11 is 0. The first-order chi connectivity index (χ1) is 16.0. The number of methoxy groups -OCH3 is 1. The normalized spacial score (nSPS) is 11.6. The number of halogens is 3. The Kier molecular flexibility index (Phi) is 7.35. The molecule has 0 radical (unpaired) electrons. The van der Waals surface area contributed by atoms with E-state index in [1.807, 2.05) is 0 Å². The molecule has 0 aliphatic heterocycles. The number of carboxylic acids is 1. The van der Waals surface area contributed by atoms with Crippen LogP contribution in [-0.4, -0.2) is 39.4 Å². The highest BCUT2D eigenvalue weighted by molar-refractivity contribution is 7.92. The van der Waals surface area contributed by atoms with Gasteiger partial charge in [-0.2, -0.15) is 13.2 Å². The zero-order valence-electron chi connectivity index (χ0n) is 17.8. The molecule has 0 fully saturated rings. The van der Waals surface area contributed by atoms with E-state index in [9.17, 15) is 31.5 Å². The van der Waals surface area contributed by atoms with Crippen molar-refractivity contribution in [2.45, 2.75) is 17.5 Å². The number of para-hydroxylation sites is 1. The minimum Gasteiger partial charge on any atom is -0.497 e. The van der Waals surface area contributed by atoms with Gasteiger partial charge in [0.25, 0.3) is 10.0 Å². The highest BCUT2D eigenvalue weighted by Gasteiger charge is 2.30. The second-order valence-electron chi connectivity index (χ2n) is 7.13. The van der Waals surface area contributed by atoms with Crippen LogP contribution in [0.25, 0.3) is 0 Å². The molecule has 3 aromatic rings. The maximum absolute atomic E-state index is 13.3. The molecule has 0 aliphatic carbocycles. The third-order valence-corrected chi connectivity index (χ3v) is 6.13. The number of carbonyl (C=O) groups is 1. The van der Waals surface area contributed by atoms with Crippen molar-refractivity contribution in [3.63, 3.8) is 0 Å². The molecule has 0 saturated carbocycles. The number of anilines is 1. The summed E-state index contributed by atoms with van der Waals surface area (Å²) in [7, 11) is -3.03. The lowest BCUT2D eigenvalue weighted by Gasteiger charge is -2.18. The van der Waals surface area contributed by atoms with Gasteiger partial charge in [-0.05, 0) is 47.9 Å². The number of hydrogen-bond acceptors (Lipinski definition) is 5. The van der Waals surface area contributed by atoms with Crippen LogP contribution < -0.4 is 14.2 Å². The van der Waals surface area contributed by atoms with Crippen molar-refractivity contribution in [2.24, 2.45) is 0 Å².